The van der Waals surface area contributed by atoms with Crippen molar-refractivity contribution >= 4 is 28.8 Å². The van der Waals surface area contributed by atoms with Gasteiger partial charge in [-0.2, -0.15) is 0 Å². The number of nitrogens with one attached hydrogen (secondary N) is 2. The van der Waals surface area contributed by atoms with Crippen molar-refractivity contribution in [3.8, 4) is 5.69 Å². The fourth-order valence-corrected chi connectivity index (χ4v) is 3.99. The Balaban J connectivity index is 1.46. The molecule has 8 heteroatoms. The molecule has 2 N–H and O–H groups in total. The third-order valence-electron chi connectivity index (χ3n) is 5.21. The molecule has 2 aromatic carbocycles. The van der Waals surface area contributed by atoms with Crippen LogP contribution in [0.15, 0.2) is 76.9 Å². The average molecular weight is 447 g/mol. The second-order valence-electron chi connectivity index (χ2n) is 7.25. The number of thiophene rings is 1. The van der Waals surface area contributed by atoms with E-state index in [0.29, 0.717) is 22.7 Å². The summed E-state index contributed by atoms with van der Waals surface area (Å²) in [7, 11) is 1.78. The maximum Gasteiger partial charge on any atom is 0.295 e. The van der Waals surface area contributed by atoms with Crippen LogP contribution in [-0.4, -0.2) is 21.2 Å². The van der Waals surface area contributed by atoms with Gasteiger partial charge < -0.3 is 10.6 Å². The molecule has 0 saturated heterocycles. The number of anilines is 1. The lowest BCUT2D eigenvalue weighted by Gasteiger charge is -2.07. The van der Waals surface area contributed by atoms with Crippen LogP contribution in [0.4, 0.5) is 5.69 Å². The zero-order chi connectivity index (χ0) is 22.7. The van der Waals surface area contributed by atoms with E-state index in [4.69, 9.17) is 0 Å². The van der Waals surface area contributed by atoms with Crippen LogP contribution in [0.1, 0.15) is 31.3 Å². The summed E-state index contributed by atoms with van der Waals surface area (Å²) in [6, 6.07) is 19.8. The molecule has 4 aromatic rings. The van der Waals surface area contributed by atoms with Crippen molar-refractivity contribution in [2.45, 2.75) is 13.5 Å². The van der Waals surface area contributed by atoms with Gasteiger partial charge in [0.05, 0.1) is 16.3 Å². The number of carbonyl (C=O) groups is 2. The number of amides is 2. The van der Waals surface area contributed by atoms with E-state index in [1.54, 1.807) is 49.0 Å². The predicted molar refractivity (Wildman–Crippen MR) is 126 cm³/mol. The van der Waals surface area contributed by atoms with Gasteiger partial charge in [-0.1, -0.05) is 36.4 Å². The minimum atomic E-state index is -0.370. The van der Waals surface area contributed by atoms with Crippen LogP contribution in [0.3, 0.4) is 0 Å². The van der Waals surface area contributed by atoms with Gasteiger partial charge in [-0.3, -0.25) is 19.1 Å². The first kappa shape index (κ1) is 21.3. The number of para-hydroxylation sites is 1. The maximum absolute atomic E-state index is 13.0. The van der Waals surface area contributed by atoms with E-state index in [0.717, 1.165) is 11.3 Å². The molecule has 0 spiro atoms. The van der Waals surface area contributed by atoms with Crippen molar-refractivity contribution in [2.75, 3.05) is 5.32 Å². The normalized spacial score (nSPS) is 10.7. The summed E-state index contributed by atoms with van der Waals surface area (Å²) in [5, 5.41) is 7.46. The Kier molecular flexibility index (Phi) is 6.04. The van der Waals surface area contributed by atoms with E-state index in [9.17, 15) is 14.4 Å². The number of aromatic nitrogens is 2. The lowest BCUT2D eigenvalue weighted by atomic mass is 10.1. The van der Waals surface area contributed by atoms with Crippen molar-refractivity contribution in [3.05, 3.63) is 104 Å². The first-order valence-electron chi connectivity index (χ1n) is 10.0. The molecule has 0 aliphatic rings. The Hall–Kier alpha value is -3.91. The first-order valence-corrected chi connectivity index (χ1v) is 10.9. The third-order valence-corrected chi connectivity index (χ3v) is 6.08. The van der Waals surface area contributed by atoms with Gasteiger partial charge in [0.15, 0.2) is 0 Å². The first-order chi connectivity index (χ1) is 15.5. The average Bonchev–Trinajstić information content (AvgIpc) is 3.42. The molecule has 2 heterocycles. The molecule has 7 nitrogen and oxygen atoms in total. The quantitative estimate of drug-likeness (QED) is 0.473. The molecule has 0 aliphatic heterocycles. The summed E-state index contributed by atoms with van der Waals surface area (Å²) in [5.41, 5.74) is 2.62. The molecule has 0 aliphatic carbocycles. The summed E-state index contributed by atoms with van der Waals surface area (Å²) in [6.07, 6.45) is 0. The Morgan fingerprint density at radius 3 is 2.31 bits per heavy atom. The van der Waals surface area contributed by atoms with Crippen LogP contribution in [0.5, 0.6) is 0 Å². The number of nitrogens with zero attached hydrogens (tertiary/aromatic N) is 2. The van der Waals surface area contributed by atoms with E-state index in [1.165, 1.54) is 16.0 Å². The highest BCUT2D eigenvalue weighted by atomic mass is 32.1. The van der Waals surface area contributed by atoms with Crippen molar-refractivity contribution in [2.24, 2.45) is 7.05 Å². The van der Waals surface area contributed by atoms with Gasteiger partial charge in [-0.15, -0.1) is 11.3 Å². The highest BCUT2D eigenvalue weighted by molar-refractivity contribution is 7.12. The molecule has 32 heavy (non-hydrogen) atoms. The fourth-order valence-electron chi connectivity index (χ4n) is 3.35. The lowest BCUT2D eigenvalue weighted by molar-refractivity contribution is 0.0953. The van der Waals surface area contributed by atoms with E-state index in [2.05, 4.69) is 10.6 Å². The van der Waals surface area contributed by atoms with Crippen molar-refractivity contribution in [3.63, 3.8) is 0 Å². The fraction of sp³-hybridized carbons (Fsp3) is 0.125. The number of benzene rings is 2. The van der Waals surface area contributed by atoms with Gasteiger partial charge in [-0.05, 0) is 48.2 Å². The minimum absolute atomic E-state index is 0.129. The maximum atomic E-state index is 13.0. The summed E-state index contributed by atoms with van der Waals surface area (Å²) in [4.78, 5) is 38.4. The van der Waals surface area contributed by atoms with Gasteiger partial charge in [0, 0.05) is 19.2 Å². The zero-order valence-corrected chi connectivity index (χ0v) is 18.5. The number of rotatable bonds is 6. The van der Waals surface area contributed by atoms with Crippen LogP contribution >= 0.6 is 11.3 Å². The summed E-state index contributed by atoms with van der Waals surface area (Å²) in [5.74, 6) is -0.499. The molecule has 2 aromatic heterocycles. The molecule has 0 saturated carbocycles. The van der Waals surface area contributed by atoms with Crippen molar-refractivity contribution in [1.82, 2.24) is 14.7 Å². The molecular formula is C24H22N4O3S. The molecule has 0 unspecified atom stereocenters. The number of hydrogen-bond donors (Lipinski definition) is 2. The minimum Gasteiger partial charge on any atom is -0.347 e. The molecule has 4 rings (SSSR count). The van der Waals surface area contributed by atoms with E-state index in [-0.39, 0.29) is 23.1 Å². The van der Waals surface area contributed by atoms with Crippen LogP contribution in [0.25, 0.3) is 5.69 Å². The standard InChI is InChI=1S/C24H22N4O3S/c1-16-21(24(31)28(27(16)2)19-7-4-3-5-8-19)26-22(29)18-12-10-17(11-13-18)15-25-23(30)20-9-6-14-32-20/h3-14H,15H2,1-2H3,(H,25,30)(H,26,29). The van der Waals surface area contributed by atoms with Crippen molar-refractivity contribution < 1.29 is 9.59 Å². The molecule has 0 radical (unpaired) electrons. The summed E-state index contributed by atoms with van der Waals surface area (Å²) < 4.78 is 3.23. The molecule has 0 bridgehead atoms. The highest BCUT2D eigenvalue weighted by Crippen LogP contribution is 2.15. The number of hydrogen-bond acceptors (Lipinski definition) is 4. The van der Waals surface area contributed by atoms with E-state index in [1.807, 2.05) is 41.8 Å². The topological polar surface area (TPSA) is 85.1 Å². The molecular weight excluding hydrogens is 424 g/mol. The Bertz CT molecular complexity index is 1300. The van der Waals surface area contributed by atoms with Gasteiger partial charge >= 0.3 is 0 Å². The van der Waals surface area contributed by atoms with Crippen LogP contribution in [0.2, 0.25) is 0 Å². The Morgan fingerprint density at radius 2 is 1.66 bits per heavy atom. The van der Waals surface area contributed by atoms with Crippen LogP contribution < -0.4 is 16.2 Å². The molecule has 2 amide bonds. The summed E-state index contributed by atoms with van der Waals surface area (Å²) in [6.45, 7) is 2.15. The smallest absolute Gasteiger partial charge is 0.295 e. The number of carbonyl (C=O) groups excluding carboxylic acids is 2. The SMILES string of the molecule is Cc1c(NC(=O)c2ccc(CNC(=O)c3cccs3)cc2)c(=O)n(-c2ccccc2)n1C. The van der Waals surface area contributed by atoms with E-state index < -0.39 is 0 Å². The molecule has 162 valence electrons. The van der Waals surface area contributed by atoms with Crippen molar-refractivity contribution in [1.29, 1.82) is 0 Å². The lowest BCUT2D eigenvalue weighted by Crippen LogP contribution is -2.23. The van der Waals surface area contributed by atoms with Crippen LogP contribution in [-0.2, 0) is 13.6 Å². The Labute approximate surface area is 188 Å². The summed E-state index contributed by atoms with van der Waals surface area (Å²) >= 11 is 1.38. The zero-order valence-electron chi connectivity index (χ0n) is 17.7. The predicted octanol–water partition coefficient (Wildman–Crippen LogP) is 3.73. The second-order valence-corrected chi connectivity index (χ2v) is 8.20. The van der Waals surface area contributed by atoms with Gasteiger partial charge in [0.2, 0.25) is 0 Å². The monoisotopic (exact) mass is 446 g/mol. The van der Waals surface area contributed by atoms with Gasteiger partial charge in [0.1, 0.15) is 5.69 Å². The Morgan fingerprint density at radius 1 is 0.938 bits per heavy atom. The van der Waals surface area contributed by atoms with Gasteiger partial charge in [0.25, 0.3) is 17.4 Å². The largest absolute Gasteiger partial charge is 0.347 e. The van der Waals surface area contributed by atoms with Crippen LogP contribution in [0, 0.1) is 6.92 Å². The van der Waals surface area contributed by atoms with Gasteiger partial charge in [-0.25, -0.2) is 4.68 Å². The second kappa shape index (κ2) is 9.07. The molecule has 0 atom stereocenters. The van der Waals surface area contributed by atoms with E-state index >= 15 is 0 Å². The third kappa shape index (κ3) is 4.26. The molecule has 0 fully saturated rings. The highest BCUT2D eigenvalue weighted by Gasteiger charge is 2.18.